The molecule has 0 bridgehead atoms. The SMILES string of the molecule is Cc1cccc(S(=O)(=O)N2CCN(c3nc(C)cc(N4CCCCC4)n3)CC2)c1. The Bertz CT molecular complexity index is 965. The van der Waals surface area contributed by atoms with Crippen LogP contribution in [0.1, 0.15) is 30.5 Å². The van der Waals surface area contributed by atoms with Crippen LogP contribution in [0.3, 0.4) is 0 Å². The minimum absolute atomic E-state index is 0.366. The van der Waals surface area contributed by atoms with Crippen LogP contribution in [0.2, 0.25) is 0 Å². The van der Waals surface area contributed by atoms with Gasteiger partial charge in [-0.2, -0.15) is 9.29 Å². The lowest BCUT2D eigenvalue weighted by Gasteiger charge is -2.35. The minimum atomic E-state index is -3.47. The second kappa shape index (κ2) is 8.28. The van der Waals surface area contributed by atoms with Crippen molar-refractivity contribution in [1.29, 1.82) is 0 Å². The highest BCUT2D eigenvalue weighted by Crippen LogP contribution is 2.23. The minimum Gasteiger partial charge on any atom is -0.356 e. The number of rotatable bonds is 4. The lowest BCUT2D eigenvalue weighted by atomic mass is 10.1. The van der Waals surface area contributed by atoms with Crippen molar-refractivity contribution in [1.82, 2.24) is 14.3 Å². The fourth-order valence-corrected chi connectivity index (χ4v) is 5.54. The second-order valence-electron chi connectivity index (χ2n) is 7.92. The fourth-order valence-electron chi connectivity index (χ4n) is 4.02. The van der Waals surface area contributed by atoms with Crippen LogP contribution in [0, 0.1) is 13.8 Å². The van der Waals surface area contributed by atoms with Crippen LogP contribution in [0.25, 0.3) is 0 Å². The number of hydrogen-bond donors (Lipinski definition) is 0. The van der Waals surface area contributed by atoms with Crippen molar-refractivity contribution >= 4 is 21.8 Å². The van der Waals surface area contributed by atoms with Gasteiger partial charge in [-0.1, -0.05) is 12.1 Å². The molecule has 8 heteroatoms. The number of hydrogen-bond acceptors (Lipinski definition) is 6. The molecule has 2 saturated heterocycles. The molecule has 0 amide bonds. The third kappa shape index (κ3) is 4.38. The van der Waals surface area contributed by atoms with Gasteiger partial charge in [0.15, 0.2) is 0 Å². The molecular formula is C21H29N5O2S. The number of benzene rings is 1. The summed E-state index contributed by atoms with van der Waals surface area (Å²) in [6, 6.07) is 9.15. The molecule has 1 aromatic heterocycles. The highest BCUT2D eigenvalue weighted by atomic mass is 32.2. The summed E-state index contributed by atoms with van der Waals surface area (Å²) in [6.45, 7) is 8.04. The van der Waals surface area contributed by atoms with E-state index < -0.39 is 10.0 Å². The average molecular weight is 416 g/mol. The summed E-state index contributed by atoms with van der Waals surface area (Å²) in [6.07, 6.45) is 3.69. The number of anilines is 2. The molecule has 7 nitrogen and oxygen atoms in total. The third-order valence-electron chi connectivity index (χ3n) is 5.66. The Hall–Kier alpha value is -2.19. The van der Waals surface area contributed by atoms with E-state index in [4.69, 9.17) is 4.98 Å². The smallest absolute Gasteiger partial charge is 0.243 e. The molecule has 0 aliphatic carbocycles. The van der Waals surface area contributed by atoms with Crippen molar-refractivity contribution in [2.45, 2.75) is 38.0 Å². The lowest BCUT2D eigenvalue weighted by Crippen LogP contribution is -2.49. The quantitative estimate of drug-likeness (QED) is 0.765. The van der Waals surface area contributed by atoms with Gasteiger partial charge in [0, 0.05) is 51.0 Å². The zero-order chi connectivity index (χ0) is 20.4. The van der Waals surface area contributed by atoms with Crippen LogP contribution in [0.4, 0.5) is 11.8 Å². The number of nitrogens with zero attached hydrogens (tertiary/aromatic N) is 5. The molecule has 2 aliphatic heterocycles. The maximum Gasteiger partial charge on any atom is 0.243 e. The standard InChI is InChI=1S/C21H29N5O2S/c1-17-7-6-8-19(15-17)29(27,28)26-13-11-25(12-14-26)21-22-18(2)16-20(23-21)24-9-4-3-5-10-24/h6-8,15-16H,3-5,9-14H2,1-2H3. The Morgan fingerprint density at radius 1 is 0.828 bits per heavy atom. The molecule has 0 N–H and O–H groups in total. The van der Waals surface area contributed by atoms with Gasteiger partial charge in [0.05, 0.1) is 4.90 Å². The Morgan fingerprint density at radius 3 is 2.24 bits per heavy atom. The Labute approximate surface area is 173 Å². The van der Waals surface area contributed by atoms with Crippen LogP contribution in [-0.4, -0.2) is 62.0 Å². The van der Waals surface area contributed by atoms with E-state index in [0.29, 0.717) is 37.0 Å². The zero-order valence-electron chi connectivity index (χ0n) is 17.2. The lowest BCUT2D eigenvalue weighted by molar-refractivity contribution is 0.382. The largest absolute Gasteiger partial charge is 0.356 e. The van der Waals surface area contributed by atoms with E-state index >= 15 is 0 Å². The first kappa shape index (κ1) is 20.1. The maximum absolute atomic E-state index is 13.0. The van der Waals surface area contributed by atoms with Gasteiger partial charge in [-0.15, -0.1) is 0 Å². The first-order valence-corrected chi connectivity index (χ1v) is 11.8. The van der Waals surface area contributed by atoms with Crippen molar-refractivity contribution in [2.75, 3.05) is 49.1 Å². The Morgan fingerprint density at radius 2 is 1.55 bits per heavy atom. The number of aromatic nitrogens is 2. The van der Waals surface area contributed by atoms with Crippen LogP contribution in [-0.2, 0) is 10.0 Å². The molecule has 1 aromatic carbocycles. The molecule has 29 heavy (non-hydrogen) atoms. The van der Waals surface area contributed by atoms with Gasteiger partial charge < -0.3 is 9.80 Å². The van der Waals surface area contributed by atoms with Crippen LogP contribution < -0.4 is 9.80 Å². The highest BCUT2D eigenvalue weighted by Gasteiger charge is 2.29. The van der Waals surface area contributed by atoms with Gasteiger partial charge in [0.1, 0.15) is 5.82 Å². The van der Waals surface area contributed by atoms with E-state index in [9.17, 15) is 8.42 Å². The first-order chi connectivity index (χ1) is 13.9. The highest BCUT2D eigenvalue weighted by molar-refractivity contribution is 7.89. The molecule has 3 heterocycles. The van der Waals surface area contributed by atoms with Crippen molar-refractivity contribution in [3.8, 4) is 0 Å². The van der Waals surface area contributed by atoms with Crippen LogP contribution in [0.5, 0.6) is 0 Å². The molecule has 4 rings (SSSR count). The molecule has 0 saturated carbocycles. The van der Waals surface area contributed by atoms with Crippen molar-refractivity contribution in [2.24, 2.45) is 0 Å². The molecule has 0 radical (unpaired) electrons. The molecule has 2 aliphatic rings. The summed E-state index contributed by atoms with van der Waals surface area (Å²) in [5.41, 5.74) is 1.90. The van der Waals surface area contributed by atoms with E-state index in [2.05, 4.69) is 14.8 Å². The molecular weight excluding hydrogens is 386 g/mol. The fraction of sp³-hybridized carbons (Fsp3) is 0.524. The summed E-state index contributed by atoms with van der Waals surface area (Å²) in [5.74, 6) is 1.69. The topological polar surface area (TPSA) is 69.6 Å². The van der Waals surface area contributed by atoms with Gasteiger partial charge in [0.25, 0.3) is 0 Å². The summed E-state index contributed by atoms with van der Waals surface area (Å²) in [4.78, 5) is 14.2. The van der Waals surface area contributed by atoms with Gasteiger partial charge in [-0.25, -0.2) is 13.4 Å². The summed E-state index contributed by atoms with van der Waals surface area (Å²) >= 11 is 0. The van der Waals surface area contributed by atoms with E-state index in [1.165, 1.54) is 19.3 Å². The van der Waals surface area contributed by atoms with Crippen molar-refractivity contribution < 1.29 is 8.42 Å². The number of aryl methyl sites for hydroxylation is 2. The van der Waals surface area contributed by atoms with E-state index in [0.717, 1.165) is 30.2 Å². The van der Waals surface area contributed by atoms with Crippen molar-refractivity contribution in [3.05, 3.63) is 41.6 Å². The third-order valence-corrected chi connectivity index (χ3v) is 7.55. The summed E-state index contributed by atoms with van der Waals surface area (Å²) < 4.78 is 27.5. The van der Waals surface area contributed by atoms with E-state index in [1.807, 2.05) is 26.0 Å². The van der Waals surface area contributed by atoms with Crippen molar-refractivity contribution in [3.63, 3.8) is 0 Å². The average Bonchev–Trinajstić information content (AvgIpc) is 2.74. The number of piperidine rings is 1. The van der Waals surface area contributed by atoms with Gasteiger partial charge in [0.2, 0.25) is 16.0 Å². The Balaban J connectivity index is 1.47. The number of sulfonamides is 1. The second-order valence-corrected chi connectivity index (χ2v) is 9.86. The van der Waals surface area contributed by atoms with E-state index in [-0.39, 0.29) is 0 Å². The molecule has 156 valence electrons. The van der Waals surface area contributed by atoms with Crippen LogP contribution in [0.15, 0.2) is 35.2 Å². The molecule has 0 spiro atoms. The zero-order valence-corrected chi connectivity index (χ0v) is 18.0. The predicted molar refractivity (Wildman–Crippen MR) is 115 cm³/mol. The summed E-state index contributed by atoms with van der Waals surface area (Å²) in [7, 11) is -3.47. The van der Waals surface area contributed by atoms with Gasteiger partial charge in [-0.3, -0.25) is 0 Å². The maximum atomic E-state index is 13.0. The van der Waals surface area contributed by atoms with E-state index in [1.54, 1.807) is 22.5 Å². The Kier molecular flexibility index (Phi) is 5.74. The predicted octanol–water partition coefficient (Wildman–Crippen LogP) is 2.59. The van der Waals surface area contributed by atoms with Gasteiger partial charge in [-0.05, 0) is 50.8 Å². The first-order valence-electron chi connectivity index (χ1n) is 10.4. The molecule has 2 aromatic rings. The number of piperazine rings is 1. The summed E-state index contributed by atoms with van der Waals surface area (Å²) in [5, 5.41) is 0. The monoisotopic (exact) mass is 415 g/mol. The normalized spacial score (nSPS) is 18.8. The molecule has 2 fully saturated rings. The van der Waals surface area contributed by atoms with Gasteiger partial charge >= 0.3 is 0 Å². The molecule has 0 atom stereocenters. The van der Waals surface area contributed by atoms with Crippen LogP contribution >= 0.6 is 0 Å². The molecule has 0 unspecified atom stereocenters.